The lowest BCUT2D eigenvalue weighted by Crippen LogP contribution is -2.49. The summed E-state index contributed by atoms with van der Waals surface area (Å²) in [6, 6.07) is 5.70. The van der Waals surface area contributed by atoms with Gasteiger partial charge in [-0.15, -0.1) is 0 Å². The number of piperazine rings is 1. The quantitative estimate of drug-likeness (QED) is 0.545. The second-order valence-corrected chi connectivity index (χ2v) is 8.97. The Morgan fingerprint density at radius 2 is 2.00 bits per heavy atom. The van der Waals surface area contributed by atoms with Gasteiger partial charge in [0.15, 0.2) is 5.65 Å². The third-order valence-corrected chi connectivity index (χ3v) is 6.44. The van der Waals surface area contributed by atoms with E-state index < -0.39 is 25.1 Å². The van der Waals surface area contributed by atoms with Crippen molar-refractivity contribution in [2.75, 3.05) is 44.6 Å². The number of hydrogen-bond donors (Lipinski definition) is 0. The lowest BCUT2D eigenvalue weighted by atomic mass is 10.1. The van der Waals surface area contributed by atoms with Crippen LogP contribution in [0.25, 0.3) is 16.8 Å². The molecule has 2 saturated heterocycles. The highest BCUT2D eigenvalue weighted by Crippen LogP contribution is 2.35. The van der Waals surface area contributed by atoms with Crippen molar-refractivity contribution in [2.24, 2.45) is 0 Å². The molecular weight excluding hydrogens is 450 g/mol. The Morgan fingerprint density at radius 1 is 1.14 bits per heavy atom. The summed E-state index contributed by atoms with van der Waals surface area (Å²) in [6.45, 7) is -0.766. The van der Waals surface area contributed by atoms with Gasteiger partial charge in [0.1, 0.15) is 18.0 Å². The number of fused-ring (bicyclic) bond motifs is 1. The van der Waals surface area contributed by atoms with E-state index in [-0.39, 0.29) is 19.1 Å². The van der Waals surface area contributed by atoms with Crippen molar-refractivity contribution < 1.29 is 23.2 Å². The van der Waals surface area contributed by atoms with E-state index in [0.717, 1.165) is 34.7 Å². The summed E-state index contributed by atoms with van der Waals surface area (Å²) in [6.07, 6.45) is 6.18. The molecule has 3 aromatic rings. The molecule has 2 aliphatic heterocycles. The van der Waals surface area contributed by atoms with E-state index in [0.29, 0.717) is 37.7 Å². The molecule has 0 radical (unpaired) electrons. The van der Waals surface area contributed by atoms with E-state index in [1.54, 1.807) is 21.8 Å². The first-order valence-corrected chi connectivity index (χ1v) is 11.7. The summed E-state index contributed by atoms with van der Waals surface area (Å²) in [4.78, 5) is 38.4. The molecule has 11 heteroatoms. The Kier molecular flexibility index (Phi) is 4.59. The molecule has 6 rings (SSSR count). The summed E-state index contributed by atoms with van der Waals surface area (Å²) >= 11 is 0. The standard InChI is InChI=1S/C24H27N7O4/c1-28-15-17(13-21(28)32)35-24(33)30-11-9-29(10-12-30)20-6-8-31-22(27-20)19(14-26-31)18-3-2-7-25-23(18)34-16-4-5-16/h2-3,6-8,14,16-17H,4-5,9-13,15H2,1H3/t17-/m0/s1/i1D3. The van der Waals surface area contributed by atoms with Gasteiger partial charge in [-0.2, -0.15) is 5.10 Å². The fourth-order valence-corrected chi connectivity index (χ4v) is 4.35. The van der Waals surface area contributed by atoms with Gasteiger partial charge in [-0.1, -0.05) is 0 Å². The predicted octanol–water partition coefficient (Wildman–Crippen LogP) is 1.82. The number of rotatable bonds is 5. The molecule has 2 amide bonds. The minimum absolute atomic E-state index is 0.119. The Balaban J connectivity index is 1.12. The van der Waals surface area contributed by atoms with Crippen LogP contribution in [0.4, 0.5) is 10.6 Å². The van der Waals surface area contributed by atoms with E-state index in [4.69, 9.17) is 18.6 Å². The molecule has 5 heterocycles. The lowest BCUT2D eigenvalue weighted by Gasteiger charge is -2.35. The number of likely N-dealkylation sites (tertiary alicyclic amines) is 1. The highest BCUT2D eigenvalue weighted by atomic mass is 16.6. The van der Waals surface area contributed by atoms with Crippen molar-refractivity contribution >= 4 is 23.5 Å². The molecule has 182 valence electrons. The third-order valence-electron chi connectivity index (χ3n) is 6.44. The molecule has 3 aliphatic rings. The van der Waals surface area contributed by atoms with Crippen LogP contribution in [-0.4, -0.2) is 93.3 Å². The van der Waals surface area contributed by atoms with Gasteiger partial charge in [-0.25, -0.2) is 19.3 Å². The Morgan fingerprint density at radius 3 is 2.77 bits per heavy atom. The maximum Gasteiger partial charge on any atom is 0.410 e. The molecule has 1 atom stereocenters. The number of amides is 2. The summed E-state index contributed by atoms with van der Waals surface area (Å²) in [7, 11) is 0. The SMILES string of the molecule is [2H]C([2H])([2H])N1C[C@@H](OC(=O)N2CCN(c3ccn4ncc(-c5cccnc5OC5CC5)c4n3)CC2)CC1=O. The van der Waals surface area contributed by atoms with Crippen LogP contribution in [-0.2, 0) is 9.53 Å². The lowest BCUT2D eigenvalue weighted by molar-refractivity contribution is -0.126. The molecule has 11 nitrogen and oxygen atoms in total. The van der Waals surface area contributed by atoms with Crippen LogP contribution in [0.3, 0.4) is 0 Å². The van der Waals surface area contributed by atoms with Crippen LogP contribution in [0.2, 0.25) is 0 Å². The van der Waals surface area contributed by atoms with Crippen LogP contribution in [0.1, 0.15) is 23.4 Å². The number of anilines is 1. The Bertz CT molecular complexity index is 1370. The highest BCUT2D eigenvalue weighted by Gasteiger charge is 2.32. The number of carbonyl (C=O) groups excluding carboxylic acids is 2. The number of carbonyl (C=O) groups is 2. The largest absolute Gasteiger partial charge is 0.474 e. The molecule has 1 aliphatic carbocycles. The molecule has 0 aromatic carbocycles. The van der Waals surface area contributed by atoms with E-state index in [1.165, 1.54) is 0 Å². The molecule has 0 bridgehead atoms. The van der Waals surface area contributed by atoms with Crippen LogP contribution >= 0.6 is 0 Å². The Labute approximate surface area is 206 Å². The topological polar surface area (TPSA) is 105 Å². The monoisotopic (exact) mass is 480 g/mol. The average Bonchev–Trinajstić information content (AvgIpc) is 3.48. The van der Waals surface area contributed by atoms with E-state index in [9.17, 15) is 9.59 Å². The number of aromatic nitrogens is 4. The van der Waals surface area contributed by atoms with Crippen molar-refractivity contribution in [1.29, 1.82) is 0 Å². The third kappa shape index (κ3) is 4.33. The van der Waals surface area contributed by atoms with Crippen LogP contribution < -0.4 is 9.64 Å². The van der Waals surface area contributed by atoms with Gasteiger partial charge in [0.05, 0.1) is 24.7 Å². The van der Waals surface area contributed by atoms with Gasteiger partial charge < -0.3 is 24.2 Å². The van der Waals surface area contributed by atoms with Crippen molar-refractivity contribution in [3.8, 4) is 17.0 Å². The average molecular weight is 481 g/mol. The zero-order chi connectivity index (χ0) is 26.4. The number of pyridine rings is 1. The number of nitrogens with zero attached hydrogens (tertiary/aromatic N) is 7. The van der Waals surface area contributed by atoms with Crippen molar-refractivity contribution in [3.05, 3.63) is 36.8 Å². The number of ether oxygens (including phenoxy) is 2. The maximum atomic E-state index is 12.7. The van der Waals surface area contributed by atoms with Crippen molar-refractivity contribution in [1.82, 2.24) is 29.4 Å². The smallest absolute Gasteiger partial charge is 0.410 e. The van der Waals surface area contributed by atoms with Gasteiger partial charge in [-0.05, 0) is 31.0 Å². The van der Waals surface area contributed by atoms with Gasteiger partial charge in [-0.3, -0.25) is 4.79 Å². The van der Waals surface area contributed by atoms with Gasteiger partial charge >= 0.3 is 6.09 Å². The molecule has 1 saturated carbocycles. The Hall–Kier alpha value is -3.89. The predicted molar refractivity (Wildman–Crippen MR) is 126 cm³/mol. The molecule has 0 spiro atoms. The molecule has 3 fully saturated rings. The van der Waals surface area contributed by atoms with E-state index in [1.807, 2.05) is 24.4 Å². The fraction of sp³-hybridized carbons (Fsp3) is 0.458. The normalized spacial score (nSPS) is 22.2. The fourth-order valence-electron chi connectivity index (χ4n) is 4.35. The molecule has 0 N–H and O–H groups in total. The van der Waals surface area contributed by atoms with Gasteiger partial charge in [0.25, 0.3) is 0 Å². The van der Waals surface area contributed by atoms with Gasteiger partial charge in [0, 0.05) is 55.2 Å². The maximum absolute atomic E-state index is 12.7. The molecule has 3 aromatic heterocycles. The zero-order valence-corrected chi connectivity index (χ0v) is 19.0. The molecule has 35 heavy (non-hydrogen) atoms. The second kappa shape index (κ2) is 8.71. The summed E-state index contributed by atoms with van der Waals surface area (Å²) < 4.78 is 35.5. The molecular formula is C24H27N7O4. The van der Waals surface area contributed by atoms with Crippen molar-refractivity contribution in [2.45, 2.75) is 31.5 Å². The summed E-state index contributed by atoms with van der Waals surface area (Å²) in [5.74, 6) is 0.802. The van der Waals surface area contributed by atoms with Crippen LogP contribution in [0, 0.1) is 0 Å². The summed E-state index contributed by atoms with van der Waals surface area (Å²) in [5.41, 5.74) is 2.35. The molecule has 0 unspecified atom stereocenters. The van der Waals surface area contributed by atoms with Gasteiger partial charge in [0.2, 0.25) is 11.8 Å². The minimum atomic E-state index is -2.53. The number of likely N-dealkylation sites (N-methyl/N-ethyl adjacent to an activating group) is 1. The first kappa shape index (κ1) is 18.4. The van der Waals surface area contributed by atoms with E-state index >= 15 is 0 Å². The zero-order valence-electron chi connectivity index (χ0n) is 22.0. The summed E-state index contributed by atoms with van der Waals surface area (Å²) in [5, 5.41) is 4.45. The first-order chi connectivity index (χ1) is 18.3. The van der Waals surface area contributed by atoms with E-state index in [2.05, 4.69) is 15.0 Å². The van der Waals surface area contributed by atoms with Crippen LogP contribution in [0.15, 0.2) is 36.8 Å². The second-order valence-electron chi connectivity index (χ2n) is 8.97. The number of hydrogen-bond acceptors (Lipinski definition) is 8. The van der Waals surface area contributed by atoms with Crippen molar-refractivity contribution in [3.63, 3.8) is 0 Å². The first-order valence-electron chi connectivity index (χ1n) is 13.2. The van der Waals surface area contributed by atoms with Crippen LogP contribution in [0.5, 0.6) is 5.88 Å². The minimum Gasteiger partial charge on any atom is -0.474 e. The highest BCUT2D eigenvalue weighted by molar-refractivity contribution is 5.81.